The lowest BCUT2D eigenvalue weighted by atomic mass is 10.0. The normalized spacial score (nSPS) is 12.8. The summed E-state index contributed by atoms with van der Waals surface area (Å²) < 4.78 is 0. The van der Waals surface area contributed by atoms with Crippen LogP contribution >= 0.6 is 34.8 Å². The second-order valence-corrected chi connectivity index (χ2v) is 5.11. The van der Waals surface area contributed by atoms with Crippen molar-refractivity contribution in [2.45, 2.75) is 38.6 Å². The molecule has 1 atom stereocenters. The Morgan fingerprint density at radius 3 is 2.50 bits per heavy atom. The number of halogens is 3. The molecule has 0 saturated carbocycles. The second kappa shape index (κ2) is 6.70. The molecule has 0 aliphatic heterocycles. The van der Waals surface area contributed by atoms with Crippen LogP contribution in [0.25, 0.3) is 0 Å². The van der Waals surface area contributed by atoms with Gasteiger partial charge in [0, 0.05) is 11.1 Å². The largest absolute Gasteiger partial charge is 0.324 e. The van der Waals surface area contributed by atoms with E-state index in [0.29, 0.717) is 15.1 Å². The Kier molecular flexibility index (Phi) is 5.91. The highest BCUT2D eigenvalue weighted by atomic mass is 35.5. The first-order chi connectivity index (χ1) is 7.56. The molecule has 0 unspecified atom stereocenters. The molecule has 0 heterocycles. The van der Waals surface area contributed by atoms with Crippen molar-refractivity contribution in [1.82, 2.24) is 0 Å². The summed E-state index contributed by atoms with van der Waals surface area (Å²) >= 11 is 18.0. The molecule has 1 nitrogen and oxygen atoms in total. The van der Waals surface area contributed by atoms with Crippen molar-refractivity contribution in [2.24, 2.45) is 5.73 Å². The highest BCUT2D eigenvalue weighted by Crippen LogP contribution is 2.34. The monoisotopic (exact) mass is 279 g/mol. The summed E-state index contributed by atoms with van der Waals surface area (Å²) in [5.74, 6) is 0. The van der Waals surface area contributed by atoms with Crippen LogP contribution in [0.2, 0.25) is 15.1 Å². The molecule has 0 spiro atoms. The molecule has 0 aromatic heterocycles. The number of hydrogen-bond donors (Lipinski definition) is 1. The predicted octanol–water partition coefficient (Wildman–Crippen LogP) is 5.23. The Morgan fingerprint density at radius 1 is 1.19 bits per heavy atom. The van der Waals surface area contributed by atoms with Gasteiger partial charge in [-0.05, 0) is 24.1 Å². The minimum atomic E-state index is -0.0877. The molecule has 90 valence electrons. The van der Waals surface area contributed by atoms with Crippen LogP contribution < -0.4 is 5.73 Å². The van der Waals surface area contributed by atoms with Crippen LogP contribution in [0.1, 0.15) is 44.2 Å². The molecule has 16 heavy (non-hydrogen) atoms. The third-order valence-electron chi connectivity index (χ3n) is 2.54. The van der Waals surface area contributed by atoms with E-state index in [9.17, 15) is 0 Å². The summed E-state index contributed by atoms with van der Waals surface area (Å²) in [6.45, 7) is 2.16. The van der Waals surface area contributed by atoms with E-state index in [2.05, 4.69) is 6.92 Å². The summed E-state index contributed by atoms with van der Waals surface area (Å²) in [4.78, 5) is 0. The van der Waals surface area contributed by atoms with Gasteiger partial charge in [-0.3, -0.25) is 0 Å². The molecule has 0 fully saturated rings. The van der Waals surface area contributed by atoms with E-state index < -0.39 is 0 Å². The van der Waals surface area contributed by atoms with Gasteiger partial charge in [-0.2, -0.15) is 0 Å². The maximum absolute atomic E-state index is 6.10. The zero-order valence-electron chi connectivity index (χ0n) is 9.27. The predicted molar refractivity (Wildman–Crippen MR) is 72.5 cm³/mol. The standard InChI is InChI=1S/C12H16Cl3N/c1-2-3-4-5-11(16)9-6-8(13)7-10(14)12(9)15/h6-7,11H,2-5,16H2,1H3/t11-/m1/s1. The van der Waals surface area contributed by atoms with Crippen LogP contribution in [0.15, 0.2) is 12.1 Å². The number of unbranched alkanes of at least 4 members (excludes halogenated alkanes) is 2. The Balaban J connectivity index is 2.78. The lowest BCUT2D eigenvalue weighted by Crippen LogP contribution is -2.10. The molecule has 4 heteroatoms. The molecule has 2 N–H and O–H groups in total. The van der Waals surface area contributed by atoms with Gasteiger partial charge in [-0.15, -0.1) is 0 Å². The molecule has 0 bridgehead atoms. The second-order valence-electron chi connectivity index (χ2n) is 3.89. The lowest BCUT2D eigenvalue weighted by Gasteiger charge is -2.14. The van der Waals surface area contributed by atoms with Crippen molar-refractivity contribution in [1.29, 1.82) is 0 Å². The van der Waals surface area contributed by atoms with E-state index in [0.717, 1.165) is 18.4 Å². The van der Waals surface area contributed by atoms with Crippen molar-refractivity contribution in [3.05, 3.63) is 32.8 Å². The van der Waals surface area contributed by atoms with Crippen LogP contribution in [0, 0.1) is 0 Å². The minimum Gasteiger partial charge on any atom is -0.324 e. The van der Waals surface area contributed by atoms with Gasteiger partial charge in [-0.1, -0.05) is 61.0 Å². The van der Waals surface area contributed by atoms with E-state index in [4.69, 9.17) is 40.5 Å². The molecule has 0 saturated heterocycles. The van der Waals surface area contributed by atoms with Crippen molar-refractivity contribution in [2.75, 3.05) is 0 Å². The van der Waals surface area contributed by atoms with Crippen LogP contribution in [-0.2, 0) is 0 Å². The zero-order chi connectivity index (χ0) is 12.1. The summed E-state index contributed by atoms with van der Waals surface area (Å²) in [6.07, 6.45) is 4.36. The van der Waals surface area contributed by atoms with Gasteiger partial charge >= 0.3 is 0 Å². The highest BCUT2D eigenvalue weighted by Gasteiger charge is 2.13. The van der Waals surface area contributed by atoms with Crippen molar-refractivity contribution >= 4 is 34.8 Å². The molecular formula is C12H16Cl3N. The van der Waals surface area contributed by atoms with Gasteiger partial charge < -0.3 is 5.73 Å². The van der Waals surface area contributed by atoms with Crippen LogP contribution in [0.3, 0.4) is 0 Å². The van der Waals surface area contributed by atoms with Crippen molar-refractivity contribution < 1.29 is 0 Å². The van der Waals surface area contributed by atoms with E-state index in [1.165, 1.54) is 12.8 Å². The van der Waals surface area contributed by atoms with E-state index in [1.54, 1.807) is 12.1 Å². The Hall–Kier alpha value is 0.0500. The Labute approximate surface area is 112 Å². The molecule has 0 amide bonds. The first kappa shape index (κ1) is 14.1. The molecule has 1 aromatic rings. The first-order valence-corrected chi connectivity index (χ1v) is 6.59. The van der Waals surface area contributed by atoms with Crippen LogP contribution in [0.5, 0.6) is 0 Å². The Bertz CT molecular complexity index is 352. The quantitative estimate of drug-likeness (QED) is 0.580. The average molecular weight is 281 g/mol. The van der Waals surface area contributed by atoms with Crippen LogP contribution in [0.4, 0.5) is 0 Å². The zero-order valence-corrected chi connectivity index (χ0v) is 11.5. The number of nitrogens with two attached hydrogens (primary N) is 1. The third kappa shape index (κ3) is 3.81. The number of benzene rings is 1. The maximum atomic E-state index is 6.10. The topological polar surface area (TPSA) is 26.0 Å². The molecule has 1 rings (SSSR count). The minimum absolute atomic E-state index is 0.0877. The third-order valence-corrected chi connectivity index (χ3v) is 3.57. The van der Waals surface area contributed by atoms with E-state index >= 15 is 0 Å². The SMILES string of the molecule is CCCCC[C@@H](N)c1cc(Cl)cc(Cl)c1Cl. The van der Waals surface area contributed by atoms with E-state index in [-0.39, 0.29) is 6.04 Å². The fourth-order valence-corrected chi connectivity index (χ4v) is 2.37. The van der Waals surface area contributed by atoms with Gasteiger partial charge in [0.2, 0.25) is 0 Å². The van der Waals surface area contributed by atoms with Crippen molar-refractivity contribution in [3.63, 3.8) is 0 Å². The fourth-order valence-electron chi connectivity index (χ4n) is 1.62. The Morgan fingerprint density at radius 2 is 1.88 bits per heavy atom. The fraction of sp³-hybridized carbons (Fsp3) is 0.500. The van der Waals surface area contributed by atoms with Gasteiger partial charge in [0.15, 0.2) is 0 Å². The van der Waals surface area contributed by atoms with Gasteiger partial charge in [0.25, 0.3) is 0 Å². The first-order valence-electron chi connectivity index (χ1n) is 5.46. The molecule has 0 aliphatic rings. The summed E-state index contributed by atoms with van der Waals surface area (Å²) in [5.41, 5.74) is 6.92. The summed E-state index contributed by atoms with van der Waals surface area (Å²) in [6, 6.07) is 3.34. The van der Waals surface area contributed by atoms with E-state index in [1.807, 2.05) is 0 Å². The van der Waals surface area contributed by atoms with Gasteiger partial charge in [0.05, 0.1) is 10.0 Å². The maximum Gasteiger partial charge on any atom is 0.0641 e. The number of rotatable bonds is 5. The molecule has 1 aromatic carbocycles. The lowest BCUT2D eigenvalue weighted by molar-refractivity contribution is 0.581. The van der Waals surface area contributed by atoms with Crippen LogP contribution in [-0.4, -0.2) is 0 Å². The molecular weight excluding hydrogens is 264 g/mol. The van der Waals surface area contributed by atoms with Gasteiger partial charge in [-0.25, -0.2) is 0 Å². The van der Waals surface area contributed by atoms with Crippen molar-refractivity contribution in [3.8, 4) is 0 Å². The smallest absolute Gasteiger partial charge is 0.0641 e. The van der Waals surface area contributed by atoms with Gasteiger partial charge in [0.1, 0.15) is 0 Å². The molecule has 0 radical (unpaired) electrons. The number of hydrogen-bond acceptors (Lipinski definition) is 1. The summed E-state index contributed by atoms with van der Waals surface area (Å²) in [5, 5.41) is 1.57. The highest BCUT2D eigenvalue weighted by molar-refractivity contribution is 6.43. The summed E-state index contributed by atoms with van der Waals surface area (Å²) in [7, 11) is 0. The average Bonchev–Trinajstić information content (AvgIpc) is 2.23. The molecule has 0 aliphatic carbocycles.